The summed E-state index contributed by atoms with van der Waals surface area (Å²) in [5.74, 6) is -0.181. The first-order valence-corrected chi connectivity index (χ1v) is 10.5. The highest BCUT2D eigenvalue weighted by molar-refractivity contribution is 7.89. The lowest BCUT2D eigenvalue weighted by Gasteiger charge is -2.07. The van der Waals surface area contributed by atoms with Crippen LogP contribution in [0.15, 0.2) is 47.4 Å². The lowest BCUT2D eigenvalue weighted by Crippen LogP contribution is -2.26. The summed E-state index contributed by atoms with van der Waals surface area (Å²) >= 11 is 0. The largest absolute Gasteiger partial charge is 0.507 e. The molecule has 1 aromatic heterocycles. The van der Waals surface area contributed by atoms with Gasteiger partial charge in [0.1, 0.15) is 11.4 Å². The minimum absolute atomic E-state index is 0.0462. The number of aryl methyl sites for hydroxylation is 1. The number of benzene rings is 2. The lowest BCUT2D eigenvalue weighted by molar-refractivity contribution is 0.0949. The summed E-state index contributed by atoms with van der Waals surface area (Å²) in [6.45, 7) is 4.09. The molecule has 0 saturated heterocycles. The number of amides is 1. The van der Waals surface area contributed by atoms with Crippen LogP contribution in [0, 0.1) is 13.8 Å². The molecule has 0 atom stereocenters. The number of aromatic nitrogens is 2. The van der Waals surface area contributed by atoms with Gasteiger partial charge in [0.05, 0.1) is 10.6 Å². The van der Waals surface area contributed by atoms with Crippen LogP contribution in [0.25, 0.3) is 11.3 Å². The third-order valence-electron chi connectivity index (χ3n) is 4.75. The summed E-state index contributed by atoms with van der Waals surface area (Å²) in [7, 11) is -3.72. The van der Waals surface area contributed by atoms with Crippen molar-refractivity contribution < 1.29 is 18.3 Å². The number of nitrogens with zero attached hydrogens (tertiary/aromatic N) is 1. The van der Waals surface area contributed by atoms with Crippen LogP contribution in [0.1, 0.15) is 27.2 Å². The quantitative estimate of drug-likeness (QED) is 0.489. The molecule has 1 amide bonds. The fourth-order valence-electron chi connectivity index (χ4n) is 2.85. The molecule has 5 N–H and O–H groups in total. The third-order valence-corrected chi connectivity index (χ3v) is 5.68. The second kappa shape index (κ2) is 8.06. The first kappa shape index (κ1) is 20.6. The van der Waals surface area contributed by atoms with Gasteiger partial charge >= 0.3 is 0 Å². The third kappa shape index (κ3) is 4.64. The molecule has 2 aromatic carbocycles. The summed E-state index contributed by atoms with van der Waals surface area (Å²) in [6.07, 6.45) is 0.523. The van der Waals surface area contributed by atoms with E-state index < -0.39 is 10.0 Å². The van der Waals surface area contributed by atoms with Crippen LogP contribution in [-0.2, 0) is 16.4 Å². The minimum Gasteiger partial charge on any atom is -0.507 e. The molecule has 0 saturated carbocycles. The Hall–Kier alpha value is -3.17. The van der Waals surface area contributed by atoms with Gasteiger partial charge in [0, 0.05) is 12.1 Å². The van der Waals surface area contributed by atoms with Gasteiger partial charge in [-0.1, -0.05) is 18.2 Å². The van der Waals surface area contributed by atoms with Gasteiger partial charge in [-0.25, -0.2) is 13.6 Å². The number of nitrogens with one attached hydrogen (secondary N) is 2. The van der Waals surface area contributed by atoms with E-state index in [2.05, 4.69) is 15.5 Å². The van der Waals surface area contributed by atoms with E-state index in [0.29, 0.717) is 24.2 Å². The number of H-pyrrole nitrogens is 1. The maximum atomic E-state index is 12.3. The molecule has 0 fully saturated rings. The molecule has 0 spiro atoms. The molecule has 3 rings (SSSR count). The molecule has 29 heavy (non-hydrogen) atoms. The highest BCUT2D eigenvalue weighted by atomic mass is 32.2. The maximum absolute atomic E-state index is 12.3. The van der Waals surface area contributed by atoms with Crippen LogP contribution < -0.4 is 10.5 Å². The van der Waals surface area contributed by atoms with Crippen molar-refractivity contribution in [1.82, 2.24) is 15.5 Å². The van der Waals surface area contributed by atoms with E-state index in [1.54, 1.807) is 24.3 Å². The van der Waals surface area contributed by atoms with Gasteiger partial charge in [0.25, 0.3) is 5.91 Å². The average Bonchev–Trinajstić information content (AvgIpc) is 3.16. The highest BCUT2D eigenvalue weighted by Crippen LogP contribution is 2.32. The van der Waals surface area contributed by atoms with E-state index in [1.807, 2.05) is 19.9 Å². The van der Waals surface area contributed by atoms with E-state index in [1.165, 1.54) is 12.1 Å². The second-order valence-corrected chi connectivity index (χ2v) is 8.33. The molecular formula is C20H22N4O4S. The molecule has 8 nitrogen and oxygen atoms in total. The molecule has 9 heteroatoms. The molecule has 1 heterocycles. The first-order valence-electron chi connectivity index (χ1n) is 8.91. The van der Waals surface area contributed by atoms with Crippen molar-refractivity contribution >= 4 is 15.9 Å². The molecule has 3 aromatic rings. The summed E-state index contributed by atoms with van der Waals surface area (Å²) in [5, 5.41) is 25.0. The Bertz CT molecular complexity index is 1150. The topological polar surface area (TPSA) is 138 Å². The van der Waals surface area contributed by atoms with Crippen LogP contribution in [0.5, 0.6) is 5.75 Å². The van der Waals surface area contributed by atoms with Crippen LogP contribution >= 0.6 is 0 Å². The SMILES string of the molecule is Cc1ccc(-c2cc(C(=O)NCCc3ccc(S(N)(=O)=O)cc3)[nH]n2)c(O)c1C. The number of aromatic amines is 1. The predicted molar refractivity (Wildman–Crippen MR) is 109 cm³/mol. The van der Waals surface area contributed by atoms with Gasteiger partial charge in [-0.05, 0) is 61.2 Å². The van der Waals surface area contributed by atoms with Gasteiger partial charge in [-0.15, -0.1) is 0 Å². The Labute approximate surface area is 168 Å². The molecule has 152 valence electrons. The van der Waals surface area contributed by atoms with Crippen molar-refractivity contribution in [1.29, 1.82) is 0 Å². The number of phenolic OH excluding ortho intramolecular Hbond substituents is 1. The molecule has 0 aliphatic rings. The van der Waals surface area contributed by atoms with Crippen LogP contribution in [0.2, 0.25) is 0 Å². The Balaban J connectivity index is 1.62. The number of sulfonamides is 1. The van der Waals surface area contributed by atoms with Crippen LogP contribution in [0.4, 0.5) is 0 Å². The lowest BCUT2D eigenvalue weighted by atomic mass is 10.0. The van der Waals surface area contributed by atoms with Crippen molar-refractivity contribution in [2.75, 3.05) is 6.54 Å². The molecule has 0 aliphatic heterocycles. The van der Waals surface area contributed by atoms with Gasteiger partial charge in [0.15, 0.2) is 0 Å². The van der Waals surface area contributed by atoms with E-state index in [9.17, 15) is 18.3 Å². The summed E-state index contributed by atoms with van der Waals surface area (Å²) in [6, 6.07) is 11.4. The zero-order valence-corrected chi connectivity index (χ0v) is 16.9. The molecule has 0 bridgehead atoms. The number of phenols is 1. The van der Waals surface area contributed by atoms with Gasteiger partial charge in [-0.2, -0.15) is 5.10 Å². The number of hydrogen-bond donors (Lipinski definition) is 4. The molecule has 0 radical (unpaired) electrons. The van der Waals surface area contributed by atoms with E-state index in [4.69, 9.17) is 5.14 Å². The van der Waals surface area contributed by atoms with E-state index in [-0.39, 0.29) is 22.2 Å². The van der Waals surface area contributed by atoms with Crippen molar-refractivity contribution in [3.8, 4) is 17.0 Å². The van der Waals surface area contributed by atoms with Crippen LogP contribution in [0.3, 0.4) is 0 Å². The number of primary sulfonamides is 1. The zero-order chi connectivity index (χ0) is 21.2. The fraction of sp³-hybridized carbons (Fsp3) is 0.200. The number of hydrogen-bond acceptors (Lipinski definition) is 5. The molecule has 0 unspecified atom stereocenters. The number of carbonyl (C=O) groups is 1. The minimum atomic E-state index is -3.72. The Morgan fingerprint density at radius 1 is 1.17 bits per heavy atom. The van der Waals surface area contributed by atoms with Gasteiger partial charge < -0.3 is 10.4 Å². The Kier molecular flexibility index (Phi) is 5.71. The van der Waals surface area contributed by atoms with Crippen molar-refractivity contribution in [2.45, 2.75) is 25.2 Å². The standard InChI is InChI=1S/C20H22N4O4S/c1-12-3-8-16(19(25)13(12)2)17-11-18(24-23-17)20(26)22-10-9-14-4-6-15(7-5-14)29(21,27)28/h3-8,11,25H,9-10H2,1-2H3,(H,22,26)(H,23,24)(H2,21,27,28). The zero-order valence-electron chi connectivity index (χ0n) is 16.1. The Morgan fingerprint density at radius 2 is 1.86 bits per heavy atom. The molecular weight excluding hydrogens is 392 g/mol. The fourth-order valence-corrected chi connectivity index (χ4v) is 3.36. The van der Waals surface area contributed by atoms with Gasteiger partial charge in [0.2, 0.25) is 10.0 Å². The first-order chi connectivity index (χ1) is 13.7. The number of aromatic hydroxyl groups is 1. The van der Waals surface area contributed by atoms with Crippen LogP contribution in [-0.4, -0.2) is 36.2 Å². The van der Waals surface area contributed by atoms with Crippen molar-refractivity contribution in [3.05, 3.63) is 64.8 Å². The summed E-state index contributed by atoms with van der Waals surface area (Å²) < 4.78 is 22.5. The Morgan fingerprint density at radius 3 is 2.52 bits per heavy atom. The van der Waals surface area contributed by atoms with Crippen molar-refractivity contribution in [2.24, 2.45) is 5.14 Å². The second-order valence-electron chi connectivity index (χ2n) is 6.77. The number of carbonyl (C=O) groups excluding carboxylic acids is 1. The average molecular weight is 414 g/mol. The normalized spacial score (nSPS) is 11.4. The maximum Gasteiger partial charge on any atom is 0.269 e. The summed E-state index contributed by atoms with van der Waals surface area (Å²) in [5.41, 5.74) is 3.92. The monoisotopic (exact) mass is 414 g/mol. The number of rotatable bonds is 6. The van der Waals surface area contributed by atoms with E-state index >= 15 is 0 Å². The summed E-state index contributed by atoms with van der Waals surface area (Å²) in [4.78, 5) is 12.4. The van der Waals surface area contributed by atoms with E-state index in [0.717, 1.165) is 16.7 Å². The van der Waals surface area contributed by atoms with Crippen molar-refractivity contribution in [3.63, 3.8) is 0 Å². The highest BCUT2D eigenvalue weighted by Gasteiger charge is 2.15. The number of nitrogens with two attached hydrogens (primary N) is 1. The predicted octanol–water partition coefficient (Wildman–Crippen LogP) is 2.02. The van der Waals surface area contributed by atoms with Gasteiger partial charge in [-0.3, -0.25) is 9.89 Å². The molecule has 0 aliphatic carbocycles. The smallest absolute Gasteiger partial charge is 0.269 e.